The number of halogens is 1. The maximum absolute atomic E-state index is 9.86. The lowest BCUT2D eigenvalue weighted by molar-refractivity contribution is 0.331. The molecule has 16 heavy (non-hydrogen) atoms. The zero-order valence-corrected chi connectivity index (χ0v) is 10.9. The second-order valence-electron chi connectivity index (χ2n) is 3.53. The van der Waals surface area contributed by atoms with Crippen LogP contribution in [0.2, 0.25) is 0 Å². The van der Waals surface area contributed by atoms with E-state index in [1.165, 1.54) is 7.11 Å². The first-order chi connectivity index (χ1) is 7.58. The molecule has 0 spiro atoms. The molecule has 3 nitrogen and oxygen atoms in total. The van der Waals surface area contributed by atoms with Crippen LogP contribution in [-0.2, 0) is 6.42 Å². The normalized spacial score (nSPS) is 11.6. The Morgan fingerprint density at radius 2 is 2.19 bits per heavy atom. The van der Waals surface area contributed by atoms with E-state index in [-0.39, 0.29) is 12.4 Å². The van der Waals surface area contributed by atoms with E-state index in [1.807, 2.05) is 19.1 Å². The van der Waals surface area contributed by atoms with Crippen molar-refractivity contribution < 1.29 is 14.9 Å². The highest BCUT2D eigenvalue weighted by atomic mass is 79.9. The Bertz CT molecular complexity index is 399. The molecule has 0 heterocycles. The molecule has 1 aromatic rings. The topological polar surface area (TPSA) is 49.7 Å². The first-order valence-electron chi connectivity index (χ1n) is 4.90. The molecular weight excluding hydrogens is 272 g/mol. The van der Waals surface area contributed by atoms with Gasteiger partial charge in [-0.15, -0.1) is 0 Å². The van der Waals surface area contributed by atoms with E-state index in [4.69, 9.17) is 9.84 Å². The molecule has 0 saturated heterocycles. The van der Waals surface area contributed by atoms with Crippen molar-refractivity contribution in [1.29, 1.82) is 0 Å². The molecule has 0 aliphatic heterocycles. The number of hydrogen-bond donors (Lipinski definition) is 2. The number of allylic oxidation sites excluding steroid dienone is 1. The quantitative estimate of drug-likeness (QED) is 0.837. The maximum Gasteiger partial charge on any atom is 0.161 e. The minimum atomic E-state index is 0.0336. The Hall–Kier alpha value is -1.00. The third-order valence-electron chi connectivity index (χ3n) is 2.26. The SMILES string of the molecule is COc1cc(Br)cc(C/C=C(/C)CO)c1O. The molecule has 88 valence electrons. The van der Waals surface area contributed by atoms with Crippen LogP contribution in [0.1, 0.15) is 12.5 Å². The van der Waals surface area contributed by atoms with Crippen LogP contribution in [0.15, 0.2) is 28.3 Å². The number of aliphatic hydroxyl groups excluding tert-OH is 1. The molecule has 4 heteroatoms. The number of rotatable bonds is 4. The fourth-order valence-electron chi connectivity index (χ4n) is 1.29. The van der Waals surface area contributed by atoms with Crippen molar-refractivity contribution in [3.63, 3.8) is 0 Å². The number of hydrogen-bond acceptors (Lipinski definition) is 3. The van der Waals surface area contributed by atoms with Crippen LogP contribution in [-0.4, -0.2) is 23.9 Å². The molecule has 0 atom stereocenters. The van der Waals surface area contributed by atoms with E-state index in [0.717, 1.165) is 15.6 Å². The monoisotopic (exact) mass is 286 g/mol. The van der Waals surface area contributed by atoms with Gasteiger partial charge in [0, 0.05) is 10.0 Å². The zero-order chi connectivity index (χ0) is 12.1. The molecule has 0 fully saturated rings. The zero-order valence-electron chi connectivity index (χ0n) is 9.33. The summed E-state index contributed by atoms with van der Waals surface area (Å²) < 4.78 is 5.90. The van der Waals surface area contributed by atoms with E-state index in [1.54, 1.807) is 6.07 Å². The van der Waals surface area contributed by atoms with Crippen molar-refractivity contribution in [2.24, 2.45) is 0 Å². The van der Waals surface area contributed by atoms with Crippen molar-refractivity contribution in [2.75, 3.05) is 13.7 Å². The average molecular weight is 287 g/mol. The van der Waals surface area contributed by atoms with Crippen molar-refractivity contribution in [1.82, 2.24) is 0 Å². The van der Waals surface area contributed by atoms with Crippen LogP contribution in [0.5, 0.6) is 11.5 Å². The third kappa shape index (κ3) is 3.25. The predicted octanol–water partition coefficient (Wildman–Crippen LogP) is 2.64. The highest BCUT2D eigenvalue weighted by Gasteiger charge is 2.08. The molecule has 0 aliphatic carbocycles. The summed E-state index contributed by atoms with van der Waals surface area (Å²) in [7, 11) is 1.51. The van der Waals surface area contributed by atoms with Crippen LogP contribution in [0, 0.1) is 0 Å². The highest BCUT2D eigenvalue weighted by molar-refractivity contribution is 9.10. The highest BCUT2D eigenvalue weighted by Crippen LogP contribution is 2.34. The second kappa shape index (κ2) is 5.92. The predicted molar refractivity (Wildman–Crippen MR) is 66.9 cm³/mol. The molecule has 2 N–H and O–H groups in total. The standard InChI is InChI=1S/C12H15BrO3/c1-8(7-14)3-4-9-5-10(13)6-11(16-2)12(9)15/h3,5-6,14-15H,4,7H2,1-2H3/b8-3-. The van der Waals surface area contributed by atoms with Crippen LogP contribution >= 0.6 is 15.9 Å². The van der Waals surface area contributed by atoms with Crippen LogP contribution in [0.25, 0.3) is 0 Å². The summed E-state index contributed by atoms with van der Waals surface area (Å²) in [6, 6.07) is 3.54. The number of phenols is 1. The van der Waals surface area contributed by atoms with E-state index in [9.17, 15) is 5.11 Å². The van der Waals surface area contributed by atoms with Crippen molar-refractivity contribution >= 4 is 15.9 Å². The van der Waals surface area contributed by atoms with Gasteiger partial charge in [0.25, 0.3) is 0 Å². The van der Waals surface area contributed by atoms with Gasteiger partial charge >= 0.3 is 0 Å². The summed E-state index contributed by atoms with van der Waals surface area (Å²) in [4.78, 5) is 0. The lowest BCUT2D eigenvalue weighted by atomic mass is 10.1. The molecule has 0 radical (unpaired) electrons. The number of phenolic OH excluding ortho intramolecular Hbond substituents is 1. The van der Waals surface area contributed by atoms with Crippen molar-refractivity contribution in [2.45, 2.75) is 13.3 Å². The fraction of sp³-hybridized carbons (Fsp3) is 0.333. The summed E-state index contributed by atoms with van der Waals surface area (Å²) >= 11 is 3.35. The molecule has 0 unspecified atom stereocenters. The Morgan fingerprint density at radius 1 is 1.50 bits per heavy atom. The fourth-order valence-corrected chi connectivity index (χ4v) is 1.77. The van der Waals surface area contributed by atoms with Gasteiger partial charge in [-0.1, -0.05) is 27.6 Å². The van der Waals surface area contributed by atoms with E-state index < -0.39 is 0 Å². The Kier molecular flexibility index (Phi) is 4.83. The van der Waals surface area contributed by atoms with Gasteiger partial charge in [0.05, 0.1) is 13.7 Å². The van der Waals surface area contributed by atoms with Crippen molar-refractivity contribution in [3.8, 4) is 11.5 Å². The number of aromatic hydroxyl groups is 1. The first-order valence-corrected chi connectivity index (χ1v) is 5.69. The lowest BCUT2D eigenvalue weighted by Gasteiger charge is -2.08. The van der Waals surface area contributed by atoms with Gasteiger partial charge in [0.15, 0.2) is 11.5 Å². The summed E-state index contributed by atoms with van der Waals surface area (Å²) in [6.07, 6.45) is 2.44. The molecule has 0 saturated carbocycles. The smallest absolute Gasteiger partial charge is 0.161 e. The average Bonchev–Trinajstić information content (AvgIpc) is 2.29. The van der Waals surface area contributed by atoms with Gasteiger partial charge in [0.2, 0.25) is 0 Å². The van der Waals surface area contributed by atoms with E-state index in [0.29, 0.717) is 12.2 Å². The Morgan fingerprint density at radius 3 is 2.75 bits per heavy atom. The summed E-state index contributed by atoms with van der Waals surface area (Å²) in [5.74, 6) is 0.590. The largest absolute Gasteiger partial charge is 0.504 e. The first kappa shape index (κ1) is 13.1. The van der Waals surface area contributed by atoms with Gasteiger partial charge in [0.1, 0.15) is 0 Å². The molecule has 1 rings (SSSR count). The third-order valence-corrected chi connectivity index (χ3v) is 2.72. The van der Waals surface area contributed by atoms with Crippen LogP contribution in [0.3, 0.4) is 0 Å². The van der Waals surface area contributed by atoms with Gasteiger partial charge in [-0.2, -0.15) is 0 Å². The Labute approximate surface area is 104 Å². The number of benzene rings is 1. The van der Waals surface area contributed by atoms with Gasteiger partial charge < -0.3 is 14.9 Å². The number of aliphatic hydroxyl groups is 1. The van der Waals surface area contributed by atoms with E-state index in [2.05, 4.69) is 15.9 Å². The number of methoxy groups -OCH3 is 1. The van der Waals surface area contributed by atoms with Gasteiger partial charge in [-0.25, -0.2) is 0 Å². The summed E-state index contributed by atoms with van der Waals surface area (Å²) in [5.41, 5.74) is 1.64. The Balaban J connectivity index is 3.00. The van der Waals surface area contributed by atoms with Gasteiger partial charge in [-0.3, -0.25) is 0 Å². The summed E-state index contributed by atoms with van der Waals surface area (Å²) in [6.45, 7) is 1.87. The molecular formula is C12H15BrO3. The van der Waals surface area contributed by atoms with Crippen LogP contribution < -0.4 is 4.74 Å². The molecule has 0 amide bonds. The number of ether oxygens (including phenoxy) is 1. The van der Waals surface area contributed by atoms with Gasteiger partial charge in [-0.05, 0) is 25.5 Å². The molecule has 0 aliphatic rings. The van der Waals surface area contributed by atoms with Crippen LogP contribution in [0.4, 0.5) is 0 Å². The molecule has 1 aromatic carbocycles. The minimum Gasteiger partial charge on any atom is -0.504 e. The van der Waals surface area contributed by atoms with Crippen molar-refractivity contribution in [3.05, 3.63) is 33.8 Å². The molecule has 0 aromatic heterocycles. The van der Waals surface area contributed by atoms with E-state index >= 15 is 0 Å². The molecule has 0 bridgehead atoms. The minimum absolute atomic E-state index is 0.0336. The second-order valence-corrected chi connectivity index (χ2v) is 4.44. The summed E-state index contributed by atoms with van der Waals surface area (Å²) in [5, 5.41) is 18.7. The maximum atomic E-state index is 9.86. The lowest BCUT2D eigenvalue weighted by Crippen LogP contribution is -1.91.